The Bertz CT molecular complexity index is 715. The van der Waals surface area contributed by atoms with Gasteiger partial charge in [-0.3, -0.25) is 5.01 Å². The predicted octanol–water partition coefficient (Wildman–Crippen LogP) is 3.79. The van der Waals surface area contributed by atoms with Crippen molar-refractivity contribution in [3.63, 3.8) is 0 Å². The summed E-state index contributed by atoms with van der Waals surface area (Å²) >= 11 is 0. The molecular formula is C20H22N2O2. The van der Waals surface area contributed by atoms with Crippen LogP contribution in [0.3, 0.4) is 0 Å². The average Bonchev–Trinajstić information content (AvgIpc) is 3.25. The summed E-state index contributed by atoms with van der Waals surface area (Å²) in [5, 5.41) is 2.05. The number of nitrogens with zero attached hydrogens (tertiary/aromatic N) is 1. The average molecular weight is 322 g/mol. The fourth-order valence-electron chi connectivity index (χ4n) is 3.01. The summed E-state index contributed by atoms with van der Waals surface area (Å²) in [7, 11) is 0. The predicted molar refractivity (Wildman–Crippen MR) is 94.5 cm³/mol. The number of nitrogens with one attached hydrogen (secondary N) is 1. The highest BCUT2D eigenvalue weighted by Gasteiger charge is 2.30. The first-order valence-corrected chi connectivity index (χ1v) is 8.23. The van der Waals surface area contributed by atoms with Crippen LogP contribution in [-0.4, -0.2) is 17.6 Å². The van der Waals surface area contributed by atoms with E-state index in [0.29, 0.717) is 6.61 Å². The molecule has 4 nitrogen and oxygen atoms in total. The second kappa shape index (κ2) is 7.21. The zero-order valence-corrected chi connectivity index (χ0v) is 14.0. The van der Waals surface area contributed by atoms with Crippen molar-refractivity contribution in [3.05, 3.63) is 83.2 Å². The molecule has 1 unspecified atom stereocenters. The number of esters is 1. The largest absolute Gasteiger partial charge is 0.463 e. The first kappa shape index (κ1) is 16.1. The summed E-state index contributed by atoms with van der Waals surface area (Å²) in [5.41, 5.74) is 7.85. The quantitative estimate of drug-likeness (QED) is 0.676. The van der Waals surface area contributed by atoms with Crippen molar-refractivity contribution in [2.45, 2.75) is 26.3 Å². The molecule has 24 heavy (non-hydrogen) atoms. The summed E-state index contributed by atoms with van der Waals surface area (Å²) in [6, 6.07) is 10.5. The van der Waals surface area contributed by atoms with Gasteiger partial charge in [0.15, 0.2) is 0 Å². The van der Waals surface area contributed by atoms with Gasteiger partial charge < -0.3 is 10.2 Å². The van der Waals surface area contributed by atoms with Gasteiger partial charge in [0.1, 0.15) is 0 Å². The second-order valence-corrected chi connectivity index (χ2v) is 5.80. The van der Waals surface area contributed by atoms with E-state index in [1.165, 1.54) is 11.1 Å². The van der Waals surface area contributed by atoms with Gasteiger partial charge in [0.25, 0.3) is 0 Å². The van der Waals surface area contributed by atoms with Crippen LogP contribution in [0.25, 0.3) is 0 Å². The van der Waals surface area contributed by atoms with E-state index < -0.39 is 0 Å². The molecule has 1 aromatic carbocycles. The third kappa shape index (κ3) is 3.43. The summed E-state index contributed by atoms with van der Waals surface area (Å²) in [5.74, 6) is -0.314. The minimum absolute atomic E-state index is 0.141. The van der Waals surface area contributed by atoms with Crippen LogP contribution in [0.4, 0.5) is 0 Å². The lowest BCUT2D eigenvalue weighted by Crippen LogP contribution is -2.31. The van der Waals surface area contributed by atoms with Crippen LogP contribution in [0, 0.1) is 0 Å². The number of hydrogen-bond donors (Lipinski definition) is 1. The molecule has 1 aliphatic carbocycles. The third-order valence-corrected chi connectivity index (χ3v) is 4.15. The SMILES string of the molecule is CCOC(=O)/C=C(\C)N1NC(=C2C=CC=C2)CC1c1ccccc1. The van der Waals surface area contributed by atoms with Gasteiger partial charge in [0.2, 0.25) is 0 Å². The Morgan fingerprint density at radius 3 is 2.67 bits per heavy atom. The minimum atomic E-state index is -0.314. The van der Waals surface area contributed by atoms with Gasteiger partial charge in [-0.15, -0.1) is 0 Å². The maximum Gasteiger partial charge on any atom is 0.332 e. The molecule has 4 heteroatoms. The van der Waals surface area contributed by atoms with Gasteiger partial charge in [0, 0.05) is 23.9 Å². The van der Waals surface area contributed by atoms with Crippen LogP contribution in [0.1, 0.15) is 31.9 Å². The van der Waals surface area contributed by atoms with Crippen molar-refractivity contribution >= 4 is 5.97 Å². The number of hydrazine groups is 1. The van der Waals surface area contributed by atoms with E-state index in [4.69, 9.17) is 4.74 Å². The Hall–Kier alpha value is -2.75. The molecule has 0 amide bonds. The van der Waals surface area contributed by atoms with Gasteiger partial charge in [-0.1, -0.05) is 54.6 Å². The lowest BCUT2D eigenvalue weighted by molar-refractivity contribution is -0.137. The molecule has 1 saturated heterocycles. The molecule has 1 atom stereocenters. The van der Waals surface area contributed by atoms with Crippen molar-refractivity contribution in [3.8, 4) is 0 Å². The lowest BCUT2D eigenvalue weighted by atomic mass is 10.0. The van der Waals surface area contributed by atoms with Gasteiger partial charge in [-0.25, -0.2) is 4.79 Å². The normalized spacial score (nSPS) is 19.8. The number of benzene rings is 1. The maximum absolute atomic E-state index is 11.8. The Kier molecular flexibility index (Phi) is 4.85. The highest BCUT2D eigenvalue weighted by Crippen LogP contribution is 2.36. The molecule has 1 fully saturated rings. The van der Waals surface area contributed by atoms with Gasteiger partial charge in [0.05, 0.1) is 12.6 Å². The molecule has 1 aromatic rings. The van der Waals surface area contributed by atoms with Gasteiger partial charge in [-0.2, -0.15) is 0 Å². The second-order valence-electron chi connectivity index (χ2n) is 5.80. The smallest absolute Gasteiger partial charge is 0.332 e. The number of allylic oxidation sites excluding steroid dienone is 6. The molecule has 124 valence electrons. The van der Waals surface area contributed by atoms with E-state index in [0.717, 1.165) is 17.8 Å². The Labute approximate surface area is 142 Å². The number of carbonyl (C=O) groups is 1. The number of hydrogen-bond acceptors (Lipinski definition) is 4. The first-order chi connectivity index (χ1) is 11.7. The van der Waals surface area contributed by atoms with Crippen LogP contribution >= 0.6 is 0 Å². The van der Waals surface area contributed by atoms with Gasteiger partial charge in [-0.05, 0) is 25.0 Å². The third-order valence-electron chi connectivity index (χ3n) is 4.15. The molecule has 3 rings (SSSR count). The van der Waals surface area contributed by atoms with Crippen LogP contribution in [0.2, 0.25) is 0 Å². The van der Waals surface area contributed by atoms with Crippen molar-refractivity contribution in [1.29, 1.82) is 0 Å². The van der Waals surface area contributed by atoms with E-state index in [2.05, 4.69) is 34.7 Å². The van der Waals surface area contributed by atoms with Crippen LogP contribution in [0.5, 0.6) is 0 Å². The molecule has 2 aliphatic rings. The Balaban J connectivity index is 1.91. The molecule has 1 heterocycles. The monoisotopic (exact) mass is 322 g/mol. The topological polar surface area (TPSA) is 41.6 Å². The molecule has 0 bridgehead atoms. The minimum Gasteiger partial charge on any atom is -0.463 e. The maximum atomic E-state index is 11.8. The van der Waals surface area contributed by atoms with Crippen molar-refractivity contribution in [1.82, 2.24) is 10.4 Å². The first-order valence-electron chi connectivity index (χ1n) is 8.23. The number of ether oxygens (including phenoxy) is 1. The fraction of sp³-hybridized carbons (Fsp3) is 0.250. The summed E-state index contributed by atoms with van der Waals surface area (Å²) in [4.78, 5) is 11.8. The highest BCUT2D eigenvalue weighted by molar-refractivity contribution is 5.82. The Morgan fingerprint density at radius 1 is 1.29 bits per heavy atom. The van der Waals surface area contributed by atoms with Crippen molar-refractivity contribution in [2.75, 3.05) is 6.61 Å². The summed E-state index contributed by atoms with van der Waals surface area (Å²) in [6.07, 6.45) is 10.7. The number of carbonyl (C=O) groups excluding carboxylic acids is 1. The molecular weight excluding hydrogens is 300 g/mol. The molecule has 0 radical (unpaired) electrons. The van der Waals surface area contributed by atoms with E-state index in [1.54, 1.807) is 6.08 Å². The van der Waals surface area contributed by atoms with E-state index in [9.17, 15) is 4.79 Å². The zero-order valence-electron chi connectivity index (χ0n) is 14.0. The summed E-state index contributed by atoms with van der Waals surface area (Å²) < 4.78 is 5.04. The van der Waals surface area contributed by atoms with Crippen LogP contribution in [-0.2, 0) is 9.53 Å². The van der Waals surface area contributed by atoms with Crippen molar-refractivity contribution in [2.24, 2.45) is 0 Å². The van der Waals surface area contributed by atoms with Gasteiger partial charge >= 0.3 is 5.97 Å². The van der Waals surface area contributed by atoms with E-state index >= 15 is 0 Å². The van der Waals surface area contributed by atoms with E-state index in [1.807, 2.05) is 44.2 Å². The molecule has 0 aromatic heterocycles. The molecule has 0 spiro atoms. The Morgan fingerprint density at radius 2 is 2.00 bits per heavy atom. The van der Waals surface area contributed by atoms with E-state index in [-0.39, 0.29) is 12.0 Å². The number of rotatable bonds is 4. The molecule has 0 saturated carbocycles. The van der Waals surface area contributed by atoms with Crippen molar-refractivity contribution < 1.29 is 9.53 Å². The highest BCUT2D eigenvalue weighted by atomic mass is 16.5. The standard InChI is InChI=1S/C20H22N2O2/c1-3-24-20(23)13-15(2)22-19(17-11-5-4-6-12-17)14-18(21-22)16-9-7-8-10-16/h4-13,19,21H,3,14H2,1-2H3/b15-13+. The van der Waals surface area contributed by atoms with Crippen LogP contribution in [0.15, 0.2) is 77.7 Å². The zero-order chi connectivity index (χ0) is 16.9. The molecule has 1 aliphatic heterocycles. The lowest BCUT2D eigenvalue weighted by Gasteiger charge is -2.27. The molecule has 1 N–H and O–H groups in total. The fourth-order valence-corrected chi connectivity index (χ4v) is 3.01. The summed E-state index contributed by atoms with van der Waals surface area (Å²) in [6.45, 7) is 4.11. The van der Waals surface area contributed by atoms with Crippen LogP contribution < -0.4 is 5.43 Å².